The first-order valence-corrected chi connectivity index (χ1v) is 10.0. The number of carbonyl (C=O) groups excluding carboxylic acids is 1. The van der Waals surface area contributed by atoms with Gasteiger partial charge in [0.25, 0.3) is 5.91 Å². The Morgan fingerprint density at radius 1 is 1.26 bits per heavy atom. The molecule has 1 aromatic heterocycles. The zero-order valence-electron chi connectivity index (χ0n) is 14.8. The van der Waals surface area contributed by atoms with Crippen LogP contribution in [0.4, 0.5) is 0 Å². The Hall–Kier alpha value is -1.41. The SMILES string of the molecule is CCSc1nc(C)cc(OC(NC(=O)c2ccc(OC)cc2)C(Cl)(Cl)Cl)n1. The smallest absolute Gasteiger partial charge is 0.254 e. The Balaban J connectivity index is 2.19. The number of nitrogens with zero attached hydrogens (tertiary/aromatic N) is 2. The molecule has 10 heteroatoms. The summed E-state index contributed by atoms with van der Waals surface area (Å²) in [7, 11) is 1.54. The van der Waals surface area contributed by atoms with E-state index in [9.17, 15) is 4.79 Å². The topological polar surface area (TPSA) is 73.3 Å². The molecular formula is C17H18Cl3N3O3S. The molecule has 0 saturated carbocycles. The second-order valence-corrected chi connectivity index (χ2v) is 8.90. The van der Waals surface area contributed by atoms with Gasteiger partial charge >= 0.3 is 0 Å². The minimum Gasteiger partial charge on any atom is -0.497 e. The fourth-order valence-corrected chi connectivity index (χ4v) is 2.93. The van der Waals surface area contributed by atoms with Gasteiger partial charge in [-0.2, -0.15) is 4.98 Å². The highest BCUT2D eigenvalue weighted by atomic mass is 35.6. The molecular weight excluding hydrogens is 433 g/mol. The predicted octanol–water partition coefficient (Wildman–Crippen LogP) is 4.41. The summed E-state index contributed by atoms with van der Waals surface area (Å²) in [6.07, 6.45) is -1.26. The summed E-state index contributed by atoms with van der Waals surface area (Å²) in [6, 6.07) is 8.09. The average molecular weight is 451 g/mol. The van der Waals surface area contributed by atoms with Crippen LogP contribution in [-0.2, 0) is 0 Å². The van der Waals surface area contributed by atoms with E-state index in [2.05, 4.69) is 15.3 Å². The molecule has 0 aliphatic heterocycles. The first-order valence-electron chi connectivity index (χ1n) is 7.89. The van der Waals surface area contributed by atoms with Crippen molar-refractivity contribution in [3.63, 3.8) is 0 Å². The van der Waals surface area contributed by atoms with Gasteiger partial charge in [0.15, 0.2) is 5.16 Å². The second-order valence-electron chi connectivity index (χ2n) is 5.30. The summed E-state index contributed by atoms with van der Waals surface area (Å²) in [5, 5.41) is 3.10. The molecule has 0 bridgehead atoms. The normalized spacial score (nSPS) is 12.4. The maximum atomic E-state index is 12.5. The van der Waals surface area contributed by atoms with Gasteiger partial charge in [-0.25, -0.2) is 4.98 Å². The highest BCUT2D eigenvalue weighted by Gasteiger charge is 2.37. The zero-order valence-corrected chi connectivity index (χ0v) is 17.9. The Morgan fingerprint density at radius 2 is 1.93 bits per heavy atom. The quantitative estimate of drug-likeness (QED) is 0.291. The number of rotatable bonds is 7. The van der Waals surface area contributed by atoms with Crippen LogP contribution >= 0.6 is 46.6 Å². The van der Waals surface area contributed by atoms with Gasteiger partial charge in [0.05, 0.1) is 7.11 Å². The number of alkyl halides is 3. The van der Waals surface area contributed by atoms with E-state index < -0.39 is 15.9 Å². The Labute approximate surface area is 176 Å². The molecule has 0 spiro atoms. The van der Waals surface area contributed by atoms with Gasteiger partial charge in [-0.3, -0.25) is 4.79 Å². The highest BCUT2D eigenvalue weighted by molar-refractivity contribution is 7.99. The van der Waals surface area contributed by atoms with E-state index in [0.717, 1.165) is 5.75 Å². The third-order valence-electron chi connectivity index (χ3n) is 3.23. The third-order valence-corrected chi connectivity index (χ3v) is 4.56. The number of hydrogen-bond acceptors (Lipinski definition) is 6. The monoisotopic (exact) mass is 449 g/mol. The Kier molecular flexibility index (Phi) is 7.85. The van der Waals surface area contributed by atoms with Crippen LogP contribution in [0.2, 0.25) is 0 Å². The molecule has 0 aliphatic rings. The van der Waals surface area contributed by atoms with Gasteiger partial charge in [0, 0.05) is 17.3 Å². The average Bonchev–Trinajstić information content (AvgIpc) is 2.60. The van der Waals surface area contributed by atoms with Gasteiger partial charge in [-0.05, 0) is 36.9 Å². The van der Waals surface area contributed by atoms with Crippen molar-refractivity contribution in [2.45, 2.75) is 29.0 Å². The number of halogens is 3. The standard InChI is InChI=1S/C17H18Cl3N3O3S/c1-4-27-16-21-10(2)9-13(22-16)26-15(17(18,19)20)23-14(24)11-5-7-12(25-3)8-6-11/h5-9,15H,4H2,1-3H3,(H,23,24). The molecule has 1 unspecified atom stereocenters. The summed E-state index contributed by atoms with van der Waals surface area (Å²) in [5.41, 5.74) is 1.06. The second kappa shape index (κ2) is 9.68. The number of benzene rings is 1. The molecule has 27 heavy (non-hydrogen) atoms. The number of carbonyl (C=O) groups is 1. The van der Waals surface area contributed by atoms with Crippen molar-refractivity contribution in [2.24, 2.45) is 0 Å². The Bertz CT molecular complexity index is 785. The van der Waals surface area contributed by atoms with Crippen LogP contribution in [0, 0.1) is 6.92 Å². The summed E-state index contributed by atoms with van der Waals surface area (Å²) < 4.78 is 8.82. The third kappa shape index (κ3) is 6.60. The van der Waals surface area contributed by atoms with E-state index in [1.807, 2.05) is 6.92 Å². The maximum Gasteiger partial charge on any atom is 0.254 e. The lowest BCUT2D eigenvalue weighted by molar-refractivity contribution is 0.0824. The molecule has 1 aromatic carbocycles. The largest absolute Gasteiger partial charge is 0.497 e. The highest BCUT2D eigenvalue weighted by Crippen LogP contribution is 2.32. The van der Waals surface area contributed by atoms with E-state index in [-0.39, 0.29) is 5.88 Å². The van der Waals surface area contributed by atoms with Gasteiger partial charge < -0.3 is 14.8 Å². The van der Waals surface area contributed by atoms with Gasteiger partial charge in [0.1, 0.15) is 5.75 Å². The summed E-state index contributed by atoms with van der Waals surface area (Å²) >= 11 is 19.4. The van der Waals surface area contributed by atoms with Crippen LogP contribution in [0.25, 0.3) is 0 Å². The lowest BCUT2D eigenvalue weighted by Crippen LogP contribution is -2.48. The molecule has 1 atom stereocenters. The van der Waals surface area contributed by atoms with Crippen LogP contribution in [0.1, 0.15) is 23.0 Å². The van der Waals surface area contributed by atoms with Crippen molar-refractivity contribution in [3.8, 4) is 11.6 Å². The fourth-order valence-electron chi connectivity index (χ4n) is 2.01. The minimum atomic E-state index is -1.92. The molecule has 2 rings (SSSR count). The molecule has 1 amide bonds. The van der Waals surface area contributed by atoms with Crippen molar-refractivity contribution in [3.05, 3.63) is 41.6 Å². The molecule has 0 saturated heterocycles. The van der Waals surface area contributed by atoms with Crippen molar-refractivity contribution in [1.82, 2.24) is 15.3 Å². The molecule has 0 radical (unpaired) electrons. The van der Waals surface area contributed by atoms with Crippen molar-refractivity contribution >= 4 is 52.5 Å². The van der Waals surface area contributed by atoms with Gasteiger partial charge in [0.2, 0.25) is 15.9 Å². The number of aryl methyl sites for hydroxylation is 1. The van der Waals surface area contributed by atoms with Crippen LogP contribution in [-0.4, -0.2) is 38.8 Å². The van der Waals surface area contributed by atoms with Crippen LogP contribution in [0.15, 0.2) is 35.5 Å². The summed E-state index contributed by atoms with van der Waals surface area (Å²) in [6.45, 7) is 3.78. The molecule has 2 aromatic rings. The zero-order chi connectivity index (χ0) is 20.0. The number of nitrogens with one attached hydrogen (secondary N) is 1. The number of amides is 1. The maximum absolute atomic E-state index is 12.5. The van der Waals surface area contributed by atoms with E-state index in [4.69, 9.17) is 44.3 Å². The fraction of sp³-hybridized carbons (Fsp3) is 0.353. The van der Waals surface area contributed by atoms with Crippen LogP contribution < -0.4 is 14.8 Å². The lowest BCUT2D eigenvalue weighted by atomic mass is 10.2. The van der Waals surface area contributed by atoms with Crippen LogP contribution in [0.3, 0.4) is 0 Å². The van der Waals surface area contributed by atoms with E-state index in [1.165, 1.54) is 18.9 Å². The van der Waals surface area contributed by atoms with Gasteiger partial charge in [-0.1, -0.05) is 53.5 Å². The molecule has 0 aliphatic carbocycles. The molecule has 1 heterocycles. The first kappa shape index (κ1) is 21.9. The number of methoxy groups -OCH3 is 1. The molecule has 6 nitrogen and oxygen atoms in total. The number of aromatic nitrogens is 2. The van der Waals surface area contributed by atoms with Crippen molar-refractivity contribution in [2.75, 3.05) is 12.9 Å². The lowest BCUT2D eigenvalue weighted by Gasteiger charge is -2.26. The van der Waals surface area contributed by atoms with Crippen molar-refractivity contribution < 1.29 is 14.3 Å². The van der Waals surface area contributed by atoms with Crippen molar-refractivity contribution in [1.29, 1.82) is 0 Å². The van der Waals surface area contributed by atoms with E-state index in [0.29, 0.717) is 22.2 Å². The number of ether oxygens (including phenoxy) is 2. The van der Waals surface area contributed by atoms with Crippen LogP contribution in [0.5, 0.6) is 11.6 Å². The van der Waals surface area contributed by atoms with Gasteiger partial charge in [-0.15, -0.1) is 0 Å². The molecule has 0 fully saturated rings. The number of hydrogen-bond donors (Lipinski definition) is 1. The van der Waals surface area contributed by atoms with E-state index in [1.54, 1.807) is 37.3 Å². The van der Waals surface area contributed by atoms with E-state index >= 15 is 0 Å². The minimum absolute atomic E-state index is 0.199. The predicted molar refractivity (Wildman–Crippen MR) is 108 cm³/mol. The number of thioether (sulfide) groups is 1. The Morgan fingerprint density at radius 3 is 2.48 bits per heavy atom. The summed E-state index contributed by atoms with van der Waals surface area (Å²) in [5.74, 6) is 1.15. The summed E-state index contributed by atoms with van der Waals surface area (Å²) in [4.78, 5) is 21.0. The first-order chi connectivity index (χ1) is 12.7. The molecule has 146 valence electrons. The molecule has 1 N–H and O–H groups in total.